The first-order chi connectivity index (χ1) is 13.5. The summed E-state index contributed by atoms with van der Waals surface area (Å²) in [6, 6.07) is 17.9. The largest absolute Gasteiger partial charge is 0.481 e. The second-order valence-electron chi connectivity index (χ2n) is 7.67. The van der Waals surface area contributed by atoms with Crippen molar-refractivity contribution in [2.75, 3.05) is 18.4 Å². The van der Waals surface area contributed by atoms with E-state index in [0.29, 0.717) is 6.42 Å². The zero-order chi connectivity index (χ0) is 19.9. The molecule has 1 atom stereocenters. The van der Waals surface area contributed by atoms with Crippen molar-refractivity contribution in [3.8, 4) is 0 Å². The van der Waals surface area contributed by atoms with Crippen LogP contribution in [0.25, 0.3) is 0 Å². The van der Waals surface area contributed by atoms with Gasteiger partial charge in [-0.1, -0.05) is 49.4 Å². The molecular formula is C23H28N2O3. The smallest absolute Gasteiger partial charge is 0.306 e. The number of anilines is 1. The monoisotopic (exact) mass is 380 g/mol. The first kappa shape index (κ1) is 20.1. The van der Waals surface area contributed by atoms with Crippen LogP contribution >= 0.6 is 0 Å². The molecule has 0 saturated carbocycles. The lowest BCUT2D eigenvalue weighted by Crippen LogP contribution is -2.37. The minimum absolute atomic E-state index is 0.0405. The number of rotatable bonds is 7. The van der Waals surface area contributed by atoms with Crippen molar-refractivity contribution in [2.45, 2.75) is 32.7 Å². The van der Waals surface area contributed by atoms with Gasteiger partial charge in [0.2, 0.25) is 5.91 Å². The van der Waals surface area contributed by atoms with Gasteiger partial charge in [-0.15, -0.1) is 0 Å². The van der Waals surface area contributed by atoms with Gasteiger partial charge in [0.05, 0.1) is 5.92 Å². The standard InChI is InChI=1S/C23H28N2O3/c1-17(23(27)28)15-18-7-9-21(10-8-18)24-22(26)20-11-13-25(14-12-20)16-19-5-3-2-4-6-19/h2-10,17,20H,11-16H2,1H3,(H,24,26)(H,27,28). The Balaban J connectivity index is 1.46. The fraction of sp³-hybridized carbons (Fsp3) is 0.391. The molecule has 3 rings (SSSR count). The molecule has 1 amide bonds. The molecule has 0 aromatic heterocycles. The summed E-state index contributed by atoms with van der Waals surface area (Å²) in [6.45, 7) is 4.49. The predicted molar refractivity (Wildman–Crippen MR) is 110 cm³/mol. The third kappa shape index (κ3) is 5.67. The van der Waals surface area contributed by atoms with Crippen LogP contribution in [0.2, 0.25) is 0 Å². The third-order valence-corrected chi connectivity index (χ3v) is 5.39. The maximum atomic E-state index is 12.6. The number of aliphatic carboxylic acids is 1. The maximum absolute atomic E-state index is 12.6. The second-order valence-corrected chi connectivity index (χ2v) is 7.67. The molecule has 0 spiro atoms. The van der Waals surface area contributed by atoms with Crippen molar-refractivity contribution in [3.05, 3.63) is 65.7 Å². The summed E-state index contributed by atoms with van der Waals surface area (Å²) in [6.07, 6.45) is 2.23. The summed E-state index contributed by atoms with van der Waals surface area (Å²) in [4.78, 5) is 25.9. The Morgan fingerprint density at radius 2 is 1.68 bits per heavy atom. The van der Waals surface area contributed by atoms with Crippen molar-refractivity contribution in [1.82, 2.24) is 4.90 Å². The number of carbonyl (C=O) groups is 2. The van der Waals surface area contributed by atoms with Crippen LogP contribution in [-0.4, -0.2) is 35.0 Å². The van der Waals surface area contributed by atoms with Crippen LogP contribution in [0, 0.1) is 11.8 Å². The number of nitrogens with one attached hydrogen (secondary N) is 1. The first-order valence-electron chi connectivity index (χ1n) is 9.90. The van der Waals surface area contributed by atoms with E-state index in [0.717, 1.165) is 43.7 Å². The lowest BCUT2D eigenvalue weighted by atomic mass is 9.95. The van der Waals surface area contributed by atoms with Gasteiger partial charge in [-0.05, 0) is 55.6 Å². The molecule has 1 fully saturated rings. The Hall–Kier alpha value is -2.66. The van der Waals surface area contributed by atoms with E-state index in [1.54, 1.807) is 6.92 Å². The molecule has 2 aromatic rings. The normalized spacial score (nSPS) is 16.5. The zero-order valence-electron chi connectivity index (χ0n) is 16.3. The number of likely N-dealkylation sites (tertiary alicyclic amines) is 1. The molecule has 1 saturated heterocycles. The number of amides is 1. The lowest BCUT2D eigenvalue weighted by molar-refractivity contribution is -0.141. The van der Waals surface area contributed by atoms with Crippen LogP contribution in [0.15, 0.2) is 54.6 Å². The molecule has 5 heteroatoms. The van der Waals surface area contributed by atoms with Crippen molar-refractivity contribution in [3.63, 3.8) is 0 Å². The molecule has 2 N–H and O–H groups in total. The van der Waals surface area contributed by atoms with Gasteiger partial charge in [-0.2, -0.15) is 0 Å². The number of carbonyl (C=O) groups excluding carboxylic acids is 1. The highest BCUT2D eigenvalue weighted by atomic mass is 16.4. The highest BCUT2D eigenvalue weighted by Gasteiger charge is 2.25. The van der Waals surface area contributed by atoms with Gasteiger partial charge in [0.15, 0.2) is 0 Å². The van der Waals surface area contributed by atoms with Crippen LogP contribution in [0.4, 0.5) is 5.69 Å². The molecule has 0 bridgehead atoms. The van der Waals surface area contributed by atoms with Gasteiger partial charge in [-0.25, -0.2) is 0 Å². The molecule has 148 valence electrons. The van der Waals surface area contributed by atoms with Gasteiger partial charge in [0, 0.05) is 18.2 Å². The lowest BCUT2D eigenvalue weighted by Gasteiger charge is -2.31. The Morgan fingerprint density at radius 3 is 2.29 bits per heavy atom. The predicted octanol–water partition coefficient (Wildman–Crippen LogP) is 3.80. The Bertz CT molecular complexity index is 781. The van der Waals surface area contributed by atoms with Crippen molar-refractivity contribution >= 4 is 17.6 Å². The molecule has 1 aliphatic rings. The average molecular weight is 380 g/mol. The fourth-order valence-corrected chi connectivity index (χ4v) is 3.60. The van der Waals surface area contributed by atoms with E-state index < -0.39 is 11.9 Å². The molecule has 0 radical (unpaired) electrons. The molecule has 0 aliphatic carbocycles. The van der Waals surface area contributed by atoms with Crippen molar-refractivity contribution in [2.24, 2.45) is 11.8 Å². The number of nitrogens with zero attached hydrogens (tertiary/aromatic N) is 1. The average Bonchev–Trinajstić information content (AvgIpc) is 2.70. The van der Waals surface area contributed by atoms with E-state index in [9.17, 15) is 9.59 Å². The van der Waals surface area contributed by atoms with Crippen LogP contribution in [-0.2, 0) is 22.6 Å². The summed E-state index contributed by atoms with van der Waals surface area (Å²) in [5.41, 5.74) is 3.04. The number of piperidine rings is 1. The number of carboxylic acids is 1. The Labute approximate surface area is 166 Å². The van der Waals surface area contributed by atoms with Crippen LogP contribution < -0.4 is 5.32 Å². The van der Waals surface area contributed by atoms with Crippen LogP contribution in [0.5, 0.6) is 0 Å². The molecular weight excluding hydrogens is 352 g/mol. The van der Waals surface area contributed by atoms with Gasteiger partial charge < -0.3 is 10.4 Å². The molecule has 1 unspecified atom stereocenters. The summed E-state index contributed by atoms with van der Waals surface area (Å²) in [5.74, 6) is -1.10. The molecule has 28 heavy (non-hydrogen) atoms. The SMILES string of the molecule is CC(Cc1ccc(NC(=O)C2CCN(Cc3ccccc3)CC2)cc1)C(=O)O. The molecule has 1 heterocycles. The molecule has 5 nitrogen and oxygen atoms in total. The van der Waals surface area contributed by atoms with Crippen molar-refractivity contribution in [1.29, 1.82) is 0 Å². The molecule has 2 aromatic carbocycles. The number of benzene rings is 2. The third-order valence-electron chi connectivity index (χ3n) is 5.39. The highest BCUT2D eigenvalue weighted by molar-refractivity contribution is 5.92. The van der Waals surface area contributed by atoms with E-state index in [1.165, 1.54) is 5.56 Å². The van der Waals surface area contributed by atoms with Gasteiger partial charge in [0.25, 0.3) is 0 Å². The minimum Gasteiger partial charge on any atom is -0.481 e. The summed E-state index contributed by atoms with van der Waals surface area (Å²) < 4.78 is 0. The number of hydrogen-bond donors (Lipinski definition) is 2. The van der Waals surface area contributed by atoms with E-state index in [2.05, 4.69) is 34.5 Å². The summed E-state index contributed by atoms with van der Waals surface area (Å²) in [5, 5.41) is 12.0. The van der Waals surface area contributed by atoms with Gasteiger partial charge in [-0.3, -0.25) is 14.5 Å². The fourth-order valence-electron chi connectivity index (χ4n) is 3.60. The summed E-state index contributed by atoms with van der Waals surface area (Å²) in [7, 11) is 0. The summed E-state index contributed by atoms with van der Waals surface area (Å²) >= 11 is 0. The van der Waals surface area contributed by atoms with Crippen LogP contribution in [0.1, 0.15) is 30.9 Å². The highest BCUT2D eigenvalue weighted by Crippen LogP contribution is 2.21. The van der Waals surface area contributed by atoms with E-state index in [4.69, 9.17) is 5.11 Å². The Morgan fingerprint density at radius 1 is 1.04 bits per heavy atom. The molecule has 1 aliphatic heterocycles. The zero-order valence-corrected chi connectivity index (χ0v) is 16.3. The second kappa shape index (κ2) is 9.51. The van der Waals surface area contributed by atoms with E-state index in [1.807, 2.05) is 30.3 Å². The van der Waals surface area contributed by atoms with E-state index >= 15 is 0 Å². The Kier molecular flexibility index (Phi) is 6.82. The number of carboxylic acid groups (broad SMARTS) is 1. The van der Waals surface area contributed by atoms with Crippen LogP contribution in [0.3, 0.4) is 0 Å². The van der Waals surface area contributed by atoms with E-state index in [-0.39, 0.29) is 11.8 Å². The van der Waals surface area contributed by atoms with Gasteiger partial charge >= 0.3 is 5.97 Å². The number of hydrogen-bond acceptors (Lipinski definition) is 3. The van der Waals surface area contributed by atoms with Gasteiger partial charge in [0.1, 0.15) is 0 Å². The van der Waals surface area contributed by atoms with Crippen molar-refractivity contribution < 1.29 is 14.7 Å². The minimum atomic E-state index is -0.795. The first-order valence-corrected chi connectivity index (χ1v) is 9.90. The quantitative estimate of drug-likeness (QED) is 0.767. The maximum Gasteiger partial charge on any atom is 0.306 e. The topological polar surface area (TPSA) is 69.6 Å².